The van der Waals surface area contributed by atoms with Crippen molar-refractivity contribution >= 4 is 17.4 Å². The van der Waals surface area contributed by atoms with Gasteiger partial charge in [-0.1, -0.05) is 48.9 Å². The molecule has 0 saturated carbocycles. The van der Waals surface area contributed by atoms with Crippen molar-refractivity contribution in [1.82, 2.24) is 9.97 Å². The molecule has 0 bridgehead atoms. The number of hydrogen-bond donors (Lipinski definition) is 1. The summed E-state index contributed by atoms with van der Waals surface area (Å²) >= 11 is 6.07. The number of nitrogens with one attached hydrogen (secondary N) is 1. The van der Waals surface area contributed by atoms with E-state index in [1.807, 2.05) is 25.1 Å². The molecule has 0 aliphatic carbocycles. The SMILES string of the molecule is CCc1c(Cl)ncnc1NC(C)c1ccccc1. The molecule has 1 aromatic carbocycles. The first-order chi connectivity index (χ1) is 8.72. The van der Waals surface area contributed by atoms with Gasteiger partial charge in [-0.2, -0.15) is 0 Å². The van der Waals surface area contributed by atoms with E-state index in [0.717, 1.165) is 17.8 Å². The fourth-order valence-corrected chi connectivity index (χ4v) is 2.13. The minimum atomic E-state index is 0.183. The highest BCUT2D eigenvalue weighted by atomic mass is 35.5. The molecule has 1 unspecified atom stereocenters. The fraction of sp³-hybridized carbons (Fsp3) is 0.286. The van der Waals surface area contributed by atoms with Gasteiger partial charge in [0.2, 0.25) is 0 Å². The second-order valence-corrected chi connectivity index (χ2v) is 4.48. The Kier molecular flexibility index (Phi) is 4.15. The van der Waals surface area contributed by atoms with Gasteiger partial charge in [0.25, 0.3) is 0 Å². The van der Waals surface area contributed by atoms with Gasteiger partial charge in [-0.3, -0.25) is 0 Å². The Labute approximate surface area is 112 Å². The fourth-order valence-electron chi connectivity index (χ4n) is 1.86. The van der Waals surface area contributed by atoms with Crippen LogP contribution in [0.2, 0.25) is 5.15 Å². The largest absolute Gasteiger partial charge is 0.363 e. The molecule has 2 aromatic rings. The van der Waals surface area contributed by atoms with Crippen molar-refractivity contribution in [2.45, 2.75) is 26.3 Å². The summed E-state index contributed by atoms with van der Waals surface area (Å²) in [5.74, 6) is 0.814. The first-order valence-electron chi connectivity index (χ1n) is 6.03. The molecule has 1 N–H and O–H groups in total. The molecule has 4 heteroatoms. The highest BCUT2D eigenvalue weighted by Crippen LogP contribution is 2.24. The summed E-state index contributed by atoms with van der Waals surface area (Å²) in [5.41, 5.74) is 2.18. The summed E-state index contributed by atoms with van der Waals surface area (Å²) in [6.07, 6.45) is 2.30. The first-order valence-corrected chi connectivity index (χ1v) is 6.41. The minimum Gasteiger partial charge on any atom is -0.363 e. The zero-order chi connectivity index (χ0) is 13.0. The van der Waals surface area contributed by atoms with Crippen molar-refractivity contribution in [3.63, 3.8) is 0 Å². The molecule has 2 rings (SSSR count). The Morgan fingerprint density at radius 1 is 1.22 bits per heavy atom. The number of aromatic nitrogens is 2. The molecule has 18 heavy (non-hydrogen) atoms. The summed E-state index contributed by atoms with van der Waals surface area (Å²) in [4.78, 5) is 8.27. The zero-order valence-electron chi connectivity index (χ0n) is 10.5. The Hall–Kier alpha value is -1.61. The molecule has 0 amide bonds. The maximum Gasteiger partial charge on any atom is 0.137 e. The van der Waals surface area contributed by atoms with Crippen LogP contribution in [0.5, 0.6) is 0 Å². The van der Waals surface area contributed by atoms with Gasteiger partial charge in [-0.15, -0.1) is 0 Å². The molecule has 1 aromatic heterocycles. The predicted octanol–water partition coefficient (Wildman–Crippen LogP) is 3.87. The molecule has 0 fully saturated rings. The van der Waals surface area contributed by atoms with Crippen LogP contribution in [0.3, 0.4) is 0 Å². The number of halogens is 1. The van der Waals surface area contributed by atoms with Crippen molar-refractivity contribution in [3.8, 4) is 0 Å². The molecule has 94 valence electrons. The summed E-state index contributed by atoms with van der Waals surface area (Å²) in [6, 6.07) is 10.4. The highest BCUT2D eigenvalue weighted by Gasteiger charge is 2.11. The lowest BCUT2D eigenvalue weighted by Crippen LogP contribution is -2.10. The predicted molar refractivity (Wildman–Crippen MR) is 74.9 cm³/mol. The van der Waals surface area contributed by atoms with E-state index in [1.54, 1.807) is 0 Å². The third-order valence-corrected chi connectivity index (χ3v) is 3.22. The first kappa shape index (κ1) is 12.8. The number of rotatable bonds is 4. The third-order valence-electron chi connectivity index (χ3n) is 2.90. The van der Waals surface area contributed by atoms with Gasteiger partial charge in [0, 0.05) is 11.6 Å². The van der Waals surface area contributed by atoms with Gasteiger partial charge in [-0.25, -0.2) is 9.97 Å². The molecule has 0 spiro atoms. The Balaban J connectivity index is 2.22. The summed E-state index contributed by atoms with van der Waals surface area (Å²) in [5, 5.41) is 3.91. The molecular weight excluding hydrogens is 246 g/mol. The lowest BCUT2D eigenvalue weighted by atomic mass is 10.1. The highest BCUT2D eigenvalue weighted by molar-refractivity contribution is 6.30. The van der Waals surface area contributed by atoms with Gasteiger partial charge in [-0.05, 0) is 18.9 Å². The van der Waals surface area contributed by atoms with Crippen molar-refractivity contribution in [2.24, 2.45) is 0 Å². The second kappa shape index (κ2) is 5.83. The minimum absolute atomic E-state index is 0.183. The van der Waals surface area contributed by atoms with Crippen LogP contribution >= 0.6 is 11.6 Å². The number of hydrogen-bond acceptors (Lipinski definition) is 3. The van der Waals surface area contributed by atoms with Crippen LogP contribution in [-0.4, -0.2) is 9.97 Å². The smallest absolute Gasteiger partial charge is 0.137 e. The second-order valence-electron chi connectivity index (χ2n) is 4.12. The third kappa shape index (κ3) is 2.79. The standard InChI is InChI=1S/C14H16ClN3/c1-3-12-13(15)16-9-17-14(12)18-10(2)11-7-5-4-6-8-11/h4-10H,3H2,1-2H3,(H,16,17,18). The van der Waals surface area contributed by atoms with Crippen LogP contribution < -0.4 is 5.32 Å². The zero-order valence-corrected chi connectivity index (χ0v) is 11.3. The lowest BCUT2D eigenvalue weighted by molar-refractivity contribution is 0.862. The summed E-state index contributed by atoms with van der Waals surface area (Å²) < 4.78 is 0. The van der Waals surface area contributed by atoms with E-state index < -0.39 is 0 Å². The van der Waals surface area contributed by atoms with Gasteiger partial charge in [0.15, 0.2) is 0 Å². The average Bonchev–Trinajstić information content (AvgIpc) is 2.40. The Morgan fingerprint density at radius 2 is 1.94 bits per heavy atom. The Morgan fingerprint density at radius 3 is 2.61 bits per heavy atom. The van der Waals surface area contributed by atoms with E-state index >= 15 is 0 Å². The van der Waals surface area contributed by atoms with Crippen molar-refractivity contribution in [2.75, 3.05) is 5.32 Å². The summed E-state index contributed by atoms with van der Waals surface area (Å²) in [7, 11) is 0. The maximum atomic E-state index is 6.07. The molecule has 3 nitrogen and oxygen atoms in total. The molecule has 0 radical (unpaired) electrons. The van der Waals surface area contributed by atoms with Crippen molar-refractivity contribution in [3.05, 3.63) is 52.9 Å². The van der Waals surface area contributed by atoms with Gasteiger partial charge >= 0.3 is 0 Å². The van der Waals surface area contributed by atoms with E-state index in [-0.39, 0.29) is 6.04 Å². The molecule has 1 heterocycles. The number of nitrogens with zero attached hydrogens (tertiary/aromatic N) is 2. The molecule has 0 aliphatic heterocycles. The molecule has 1 atom stereocenters. The average molecular weight is 262 g/mol. The topological polar surface area (TPSA) is 37.8 Å². The van der Waals surface area contributed by atoms with Crippen LogP contribution in [0.25, 0.3) is 0 Å². The molecule has 0 saturated heterocycles. The van der Waals surface area contributed by atoms with Gasteiger partial charge in [0.1, 0.15) is 17.3 Å². The van der Waals surface area contributed by atoms with Crippen molar-refractivity contribution < 1.29 is 0 Å². The van der Waals surface area contributed by atoms with E-state index in [4.69, 9.17) is 11.6 Å². The monoisotopic (exact) mass is 261 g/mol. The molecular formula is C14H16ClN3. The van der Waals surface area contributed by atoms with E-state index in [9.17, 15) is 0 Å². The quantitative estimate of drug-likeness (QED) is 0.849. The van der Waals surface area contributed by atoms with Gasteiger partial charge < -0.3 is 5.32 Å². The molecule has 0 aliphatic rings. The van der Waals surface area contributed by atoms with Crippen LogP contribution in [0.1, 0.15) is 31.0 Å². The van der Waals surface area contributed by atoms with Crippen LogP contribution in [-0.2, 0) is 6.42 Å². The van der Waals surface area contributed by atoms with Crippen LogP contribution in [0.15, 0.2) is 36.7 Å². The van der Waals surface area contributed by atoms with E-state index in [1.165, 1.54) is 11.9 Å². The normalized spacial score (nSPS) is 12.2. The van der Waals surface area contributed by atoms with E-state index in [2.05, 4.69) is 34.3 Å². The van der Waals surface area contributed by atoms with E-state index in [0.29, 0.717) is 5.15 Å². The lowest BCUT2D eigenvalue weighted by Gasteiger charge is -2.17. The summed E-state index contributed by atoms with van der Waals surface area (Å²) in [6.45, 7) is 4.15. The number of benzene rings is 1. The van der Waals surface area contributed by atoms with Gasteiger partial charge in [0.05, 0.1) is 0 Å². The Bertz CT molecular complexity index is 514. The van der Waals surface area contributed by atoms with Crippen LogP contribution in [0.4, 0.5) is 5.82 Å². The van der Waals surface area contributed by atoms with Crippen molar-refractivity contribution in [1.29, 1.82) is 0 Å². The van der Waals surface area contributed by atoms with Crippen LogP contribution in [0, 0.1) is 0 Å². The number of anilines is 1. The maximum absolute atomic E-state index is 6.07.